The number of aromatic nitrogens is 3. The third-order valence-corrected chi connectivity index (χ3v) is 5.65. The number of aryl methyl sites for hydroxylation is 1. The van der Waals surface area contributed by atoms with Crippen molar-refractivity contribution in [1.82, 2.24) is 19.0 Å². The monoisotopic (exact) mass is 484 g/mol. The van der Waals surface area contributed by atoms with E-state index in [-0.39, 0.29) is 30.0 Å². The summed E-state index contributed by atoms with van der Waals surface area (Å²) in [7, 11) is 0. The predicted octanol–water partition coefficient (Wildman–Crippen LogP) is 4.42. The van der Waals surface area contributed by atoms with E-state index in [1.165, 1.54) is 32.5 Å². The van der Waals surface area contributed by atoms with Crippen LogP contribution in [0.25, 0.3) is 5.69 Å². The fourth-order valence-corrected chi connectivity index (χ4v) is 3.99. The third-order valence-electron chi connectivity index (χ3n) is 5.65. The van der Waals surface area contributed by atoms with Crippen LogP contribution >= 0.6 is 0 Å². The number of benzene rings is 1. The van der Waals surface area contributed by atoms with Gasteiger partial charge in [0.15, 0.2) is 0 Å². The first-order valence-corrected chi connectivity index (χ1v) is 10.1. The van der Waals surface area contributed by atoms with Crippen molar-refractivity contribution in [3.8, 4) is 5.69 Å². The number of halogens is 6. The predicted molar refractivity (Wildman–Crippen MR) is 108 cm³/mol. The van der Waals surface area contributed by atoms with E-state index in [2.05, 4.69) is 4.98 Å². The lowest BCUT2D eigenvalue weighted by atomic mass is 10.0. The minimum atomic E-state index is -5.22. The van der Waals surface area contributed by atoms with Crippen LogP contribution in [0, 0.1) is 6.92 Å². The van der Waals surface area contributed by atoms with E-state index >= 15 is 0 Å². The van der Waals surface area contributed by atoms with Crippen LogP contribution in [0.3, 0.4) is 0 Å². The van der Waals surface area contributed by atoms with E-state index in [0.717, 1.165) is 6.07 Å². The number of carbonyl (C=O) groups is 1. The lowest BCUT2D eigenvalue weighted by molar-refractivity contribution is -0.162. The van der Waals surface area contributed by atoms with Crippen LogP contribution in [0.4, 0.5) is 26.3 Å². The Balaban J connectivity index is 1.68. The molecule has 0 N–H and O–H groups in total. The van der Waals surface area contributed by atoms with Gasteiger partial charge in [-0.3, -0.25) is 9.59 Å². The fraction of sp³-hybridized carbons (Fsp3) is 0.318. The van der Waals surface area contributed by atoms with Crippen LogP contribution in [-0.4, -0.2) is 31.0 Å². The molecule has 0 unspecified atom stereocenters. The normalized spacial score (nSPS) is 16.6. The zero-order chi connectivity index (χ0) is 25.0. The second-order valence-electron chi connectivity index (χ2n) is 8.10. The molecule has 1 aliphatic rings. The summed E-state index contributed by atoms with van der Waals surface area (Å²) in [5.74, 6) is -0.613. The van der Waals surface area contributed by atoms with Gasteiger partial charge in [0.2, 0.25) is 0 Å². The smallest absolute Gasteiger partial charge is 0.329 e. The molecule has 4 rings (SSSR count). The molecule has 2 aromatic heterocycles. The Morgan fingerprint density at radius 3 is 2.26 bits per heavy atom. The largest absolute Gasteiger partial charge is 0.417 e. The van der Waals surface area contributed by atoms with Crippen molar-refractivity contribution in [1.29, 1.82) is 0 Å². The summed E-state index contributed by atoms with van der Waals surface area (Å²) in [6, 6.07) is 3.98. The molecule has 0 aliphatic carbocycles. The van der Waals surface area contributed by atoms with Gasteiger partial charge in [-0.25, -0.2) is 4.98 Å². The molecule has 0 spiro atoms. The minimum Gasteiger partial charge on any atom is -0.329 e. The standard InChI is InChI=1S/C22H18F6N4O2/c1-12-8-30(11-29-12)17-5-6-18-20(34)31(13(2)9-32(18)19(17)33)10-14-3-4-15(21(23,24)25)16(7-14)22(26,27)28/h3-8,11,13H,9-10H2,1-2H3/t13-/m1/s1. The summed E-state index contributed by atoms with van der Waals surface area (Å²) in [6.07, 6.45) is -7.29. The molecule has 3 aromatic rings. The first-order valence-electron chi connectivity index (χ1n) is 10.1. The summed E-state index contributed by atoms with van der Waals surface area (Å²) in [5.41, 5.74) is -3.16. The topological polar surface area (TPSA) is 60.1 Å². The lowest BCUT2D eigenvalue weighted by Gasteiger charge is -2.35. The van der Waals surface area contributed by atoms with E-state index in [0.29, 0.717) is 17.8 Å². The number of pyridine rings is 1. The van der Waals surface area contributed by atoms with Gasteiger partial charge in [0.05, 0.1) is 23.1 Å². The van der Waals surface area contributed by atoms with Crippen molar-refractivity contribution in [2.24, 2.45) is 0 Å². The van der Waals surface area contributed by atoms with E-state index in [9.17, 15) is 35.9 Å². The number of fused-ring (bicyclic) bond motifs is 1. The first kappa shape index (κ1) is 23.6. The average molecular weight is 484 g/mol. The average Bonchev–Trinajstić information content (AvgIpc) is 3.16. The zero-order valence-electron chi connectivity index (χ0n) is 17.9. The zero-order valence-corrected chi connectivity index (χ0v) is 17.9. The van der Waals surface area contributed by atoms with Gasteiger partial charge in [-0.05, 0) is 43.7 Å². The molecule has 0 bridgehead atoms. The summed E-state index contributed by atoms with van der Waals surface area (Å²) < 4.78 is 81.8. The van der Waals surface area contributed by atoms with Gasteiger partial charge in [0.1, 0.15) is 11.4 Å². The van der Waals surface area contributed by atoms with E-state index in [1.807, 2.05) is 0 Å². The quantitative estimate of drug-likeness (QED) is 0.517. The van der Waals surface area contributed by atoms with Crippen LogP contribution in [0.15, 0.2) is 47.7 Å². The Morgan fingerprint density at radius 1 is 1.00 bits per heavy atom. The van der Waals surface area contributed by atoms with E-state index in [4.69, 9.17) is 0 Å². The number of amides is 1. The van der Waals surface area contributed by atoms with Gasteiger partial charge in [-0.1, -0.05) is 6.07 Å². The number of nitrogens with zero attached hydrogens (tertiary/aromatic N) is 4. The fourth-order valence-electron chi connectivity index (χ4n) is 3.99. The van der Waals surface area contributed by atoms with Crippen LogP contribution in [-0.2, 0) is 25.4 Å². The third kappa shape index (κ3) is 4.19. The molecule has 0 saturated carbocycles. The van der Waals surface area contributed by atoms with Crippen LogP contribution < -0.4 is 5.56 Å². The van der Waals surface area contributed by atoms with Crippen molar-refractivity contribution >= 4 is 5.91 Å². The van der Waals surface area contributed by atoms with Gasteiger partial charge >= 0.3 is 12.4 Å². The number of hydrogen-bond acceptors (Lipinski definition) is 3. The van der Waals surface area contributed by atoms with Crippen molar-refractivity contribution in [2.75, 3.05) is 0 Å². The maximum absolute atomic E-state index is 13.3. The van der Waals surface area contributed by atoms with Gasteiger partial charge in [-0.15, -0.1) is 0 Å². The maximum atomic E-state index is 13.3. The second-order valence-corrected chi connectivity index (χ2v) is 8.10. The number of alkyl halides is 6. The summed E-state index contributed by atoms with van der Waals surface area (Å²) in [4.78, 5) is 31.4. The molecule has 1 aromatic carbocycles. The lowest BCUT2D eigenvalue weighted by Crippen LogP contribution is -2.49. The van der Waals surface area contributed by atoms with Crippen molar-refractivity contribution < 1.29 is 31.1 Å². The minimum absolute atomic E-state index is 0.0339. The maximum Gasteiger partial charge on any atom is 0.417 e. The molecule has 0 fully saturated rings. The van der Waals surface area contributed by atoms with Crippen LogP contribution in [0.5, 0.6) is 0 Å². The molecule has 0 saturated heterocycles. The van der Waals surface area contributed by atoms with Crippen LogP contribution in [0.2, 0.25) is 0 Å². The molecule has 1 atom stereocenters. The Morgan fingerprint density at radius 2 is 1.68 bits per heavy atom. The second kappa shape index (κ2) is 8.03. The van der Waals surface area contributed by atoms with Crippen molar-refractivity contribution in [3.05, 3.63) is 81.3 Å². The first-order chi connectivity index (χ1) is 15.8. The number of carbonyl (C=O) groups excluding carboxylic acids is 1. The Kier molecular flexibility index (Phi) is 5.57. The van der Waals surface area contributed by atoms with Crippen molar-refractivity contribution in [3.63, 3.8) is 0 Å². The van der Waals surface area contributed by atoms with Gasteiger partial charge in [0, 0.05) is 25.3 Å². The molecule has 1 amide bonds. The molecule has 34 heavy (non-hydrogen) atoms. The Hall–Kier alpha value is -3.57. The molecule has 180 valence electrons. The van der Waals surface area contributed by atoms with Crippen molar-refractivity contribution in [2.45, 2.75) is 45.3 Å². The number of rotatable bonds is 3. The van der Waals surface area contributed by atoms with E-state index in [1.54, 1.807) is 20.0 Å². The summed E-state index contributed by atoms with van der Waals surface area (Å²) >= 11 is 0. The molecule has 3 heterocycles. The highest BCUT2D eigenvalue weighted by atomic mass is 19.4. The number of imidazole rings is 1. The highest BCUT2D eigenvalue weighted by molar-refractivity contribution is 5.93. The summed E-state index contributed by atoms with van der Waals surface area (Å²) in [5, 5.41) is 0. The number of hydrogen-bond donors (Lipinski definition) is 0. The molecule has 0 radical (unpaired) electrons. The highest BCUT2D eigenvalue weighted by Gasteiger charge is 2.43. The highest BCUT2D eigenvalue weighted by Crippen LogP contribution is 2.40. The van der Waals surface area contributed by atoms with Crippen LogP contribution in [0.1, 0.15) is 39.8 Å². The molecular weight excluding hydrogens is 466 g/mol. The molecule has 1 aliphatic heterocycles. The molecular formula is C22H18F6N4O2. The van der Waals surface area contributed by atoms with E-state index < -0.39 is 41.0 Å². The Bertz CT molecular complexity index is 1320. The van der Waals surface area contributed by atoms with Gasteiger partial charge in [-0.2, -0.15) is 26.3 Å². The Labute approximate surface area is 189 Å². The van der Waals surface area contributed by atoms with Gasteiger partial charge in [0.25, 0.3) is 11.5 Å². The summed E-state index contributed by atoms with van der Waals surface area (Å²) in [6.45, 7) is 3.07. The SMILES string of the molecule is Cc1cn(-c2ccc3n(c2=O)C[C@@H](C)N(Cc2ccc(C(F)(F)F)c(C(F)(F)F)c2)C3=O)cn1. The molecule has 12 heteroatoms. The molecule has 6 nitrogen and oxygen atoms in total. The van der Waals surface area contributed by atoms with Gasteiger partial charge < -0.3 is 14.0 Å².